The van der Waals surface area contributed by atoms with Gasteiger partial charge < -0.3 is 5.11 Å². The Morgan fingerprint density at radius 3 is 2.94 bits per heavy atom. The Morgan fingerprint density at radius 1 is 1.44 bits per heavy atom. The fourth-order valence-electron chi connectivity index (χ4n) is 1.82. The van der Waals surface area contributed by atoms with Gasteiger partial charge in [-0.2, -0.15) is 0 Å². The summed E-state index contributed by atoms with van der Waals surface area (Å²) in [6.45, 7) is 2.15. The van der Waals surface area contributed by atoms with E-state index in [0.29, 0.717) is 6.42 Å². The van der Waals surface area contributed by atoms with Crippen LogP contribution in [0.4, 0.5) is 0 Å². The van der Waals surface area contributed by atoms with E-state index in [9.17, 15) is 4.79 Å². The van der Waals surface area contributed by atoms with Gasteiger partial charge in [0.15, 0.2) is 5.78 Å². The van der Waals surface area contributed by atoms with Gasteiger partial charge in [0.2, 0.25) is 0 Å². The summed E-state index contributed by atoms with van der Waals surface area (Å²) < 4.78 is 0. The van der Waals surface area contributed by atoms with Crippen molar-refractivity contribution in [2.24, 2.45) is 0 Å². The predicted octanol–water partition coefficient (Wildman–Crippen LogP) is 2.94. The van der Waals surface area contributed by atoms with Crippen molar-refractivity contribution >= 4 is 5.78 Å². The summed E-state index contributed by atoms with van der Waals surface area (Å²) >= 11 is 0. The van der Waals surface area contributed by atoms with Crippen LogP contribution < -0.4 is 0 Å². The number of carbonyl (C=O) groups excluding carboxylic acids is 1. The molecule has 0 heterocycles. The third kappa shape index (κ3) is 4.15. The molecule has 0 radical (unpaired) electrons. The van der Waals surface area contributed by atoms with Gasteiger partial charge in [-0.05, 0) is 50.7 Å². The lowest BCUT2D eigenvalue weighted by atomic mass is 10.1. The Balaban J connectivity index is 2.34. The summed E-state index contributed by atoms with van der Waals surface area (Å²) in [7, 11) is 0. The molecule has 0 unspecified atom stereocenters. The van der Waals surface area contributed by atoms with Crippen LogP contribution in [0.2, 0.25) is 0 Å². The SMILES string of the molecule is C/C=C\CCC/C=C1\CC(CCO)=CC1=O. The molecule has 0 bridgehead atoms. The summed E-state index contributed by atoms with van der Waals surface area (Å²) in [6, 6.07) is 0. The molecule has 16 heavy (non-hydrogen) atoms. The van der Waals surface area contributed by atoms with Crippen LogP contribution in [0.5, 0.6) is 0 Å². The Labute approximate surface area is 97.4 Å². The zero-order valence-corrected chi connectivity index (χ0v) is 9.91. The second kappa shape index (κ2) is 7.18. The second-order valence-electron chi connectivity index (χ2n) is 4.05. The van der Waals surface area contributed by atoms with Gasteiger partial charge in [-0.3, -0.25) is 4.79 Å². The molecule has 1 rings (SSSR count). The maximum atomic E-state index is 11.5. The number of hydrogen-bond donors (Lipinski definition) is 1. The maximum Gasteiger partial charge on any atom is 0.181 e. The molecule has 0 amide bonds. The number of hydrogen-bond acceptors (Lipinski definition) is 2. The number of aliphatic hydroxyl groups is 1. The number of ketones is 1. The number of carbonyl (C=O) groups is 1. The van der Waals surface area contributed by atoms with Crippen LogP contribution in [0.25, 0.3) is 0 Å². The van der Waals surface area contributed by atoms with E-state index in [2.05, 4.69) is 12.2 Å². The molecule has 0 spiro atoms. The summed E-state index contributed by atoms with van der Waals surface area (Å²) in [5.41, 5.74) is 1.97. The zero-order chi connectivity index (χ0) is 11.8. The van der Waals surface area contributed by atoms with Gasteiger partial charge in [0, 0.05) is 6.61 Å². The molecule has 1 aliphatic carbocycles. The molecule has 0 fully saturated rings. The van der Waals surface area contributed by atoms with Crippen molar-refractivity contribution in [3.8, 4) is 0 Å². The molecule has 0 aromatic carbocycles. The van der Waals surface area contributed by atoms with Crippen molar-refractivity contribution in [2.75, 3.05) is 6.61 Å². The molecule has 0 aromatic heterocycles. The van der Waals surface area contributed by atoms with Gasteiger partial charge in [0.1, 0.15) is 0 Å². The quantitative estimate of drug-likeness (QED) is 0.424. The smallest absolute Gasteiger partial charge is 0.181 e. The largest absolute Gasteiger partial charge is 0.396 e. The highest BCUT2D eigenvalue weighted by molar-refractivity contribution is 6.07. The molecule has 2 nitrogen and oxygen atoms in total. The van der Waals surface area contributed by atoms with E-state index < -0.39 is 0 Å². The minimum absolute atomic E-state index is 0.133. The summed E-state index contributed by atoms with van der Waals surface area (Å²) in [6.07, 6.45) is 12.4. The number of allylic oxidation sites excluding steroid dienone is 5. The molecule has 0 aliphatic heterocycles. The van der Waals surface area contributed by atoms with Gasteiger partial charge in [-0.25, -0.2) is 0 Å². The van der Waals surface area contributed by atoms with Gasteiger partial charge in [0.05, 0.1) is 0 Å². The number of aliphatic hydroxyl groups excluding tert-OH is 1. The maximum absolute atomic E-state index is 11.5. The molecule has 0 aromatic rings. The van der Waals surface area contributed by atoms with E-state index in [1.54, 1.807) is 6.08 Å². The van der Waals surface area contributed by atoms with E-state index in [1.807, 2.05) is 13.0 Å². The van der Waals surface area contributed by atoms with Crippen LogP contribution in [-0.2, 0) is 4.79 Å². The molecule has 1 aliphatic rings. The van der Waals surface area contributed by atoms with Crippen molar-refractivity contribution in [1.82, 2.24) is 0 Å². The first-order valence-corrected chi connectivity index (χ1v) is 5.92. The average Bonchev–Trinajstić information content (AvgIpc) is 2.60. The van der Waals surface area contributed by atoms with Crippen molar-refractivity contribution in [3.05, 3.63) is 35.5 Å². The fourth-order valence-corrected chi connectivity index (χ4v) is 1.82. The molecule has 0 saturated heterocycles. The monoisotopic (exact) mass is 220 g/mol. The van der Waals surface area contributed by atoms with Crippen LogP contribution in [0, 0.1) is 0 Å². The normalized spacial score (nSPS) is 18.8. The summed E-state index contributed by atoms with van der Waals surface area (Å²) in [5, 5.41) is 8.79. The first-order chi connectivity index (χ1) is 7.77. The standard InChI is InChI=1S/C14H20O2/c1-2-3-4-5-6-7-13-10-12(8-9-15)11-14(13)16/h2-3,7,11,15H,4-6,8-10H2,1H3/b3-2-,13-7+. The van der Waals surface area contributed by atoms with Crippen LogP contribution in [0.15, 0.2) is 35.5 Å². The zero-order valence-electron chi connectivity index (χ0n) is 9.91. The van der Waals surface area contributed by atoms with E-state index in [1.165, 1.54) is 0 Å². The summed E-state index contributed by atoms with van der Waals surface area (Å²) in [5.74, 6) is 0.134. The van der Waals surface area contributed by atoms with Gasteiger partial charge >= 0.3 is 0 Å². The molecule has 88 valence electrons. The fraction of sp³-hybridized carbons (Fsp3) is 0.500. The Hall–Kier alpha value is -1.15. The topological polar surface area (TPSA) is 37.3 Å². The molecule has 2 heteroatoms. The second-order valence-corrected chi connectivity index (χ2v) is 4.05. The Kier molecular flexibility index (Phi) is 5.79. The molecular formula is C14H20O2. The minimum Gasteiger partial charge on any atom is -0.396 e. The average molecular weight is 220 g/mol. The van der Waals surface area contributed by atoms with E-state index in [4.69, 9.17) is 5.11 Å². The molecule has 0 atom stereocenters. The Morgan fingerprint density at radius 2 is 2.25 bits per heavy atom. The van der Waals surface area contributed by atoms with Gasteiger partial charge in [-0.1, -0.05) is 23.8 Å². The van der Waals surface area contributed by atoms with Crippen LogP contribution in [-0.4, -0.2) is 17.5 Å². The third-order valence-electron chi connectivity index (χ3n) is 2.70. The lowest BCUT2D eigenvalue weighted by Crippen LogP contribution is -1.91. The van der Waals surface area contributed by atoms with Crippen LogP contribution in [0.1, 0.15) is 39.0 Å². The molecule has 0 saturated carbocycles. The lowest BCUT2D eigenvalue weighted by Gasteiger charge is -1.98. The highest BCUT2D eigenvalue weighted by Gasteiger charge is 2.16. The van der Waals surface area contributed by atoms with Gasteiger partial charge in [-0.15, -0.1) is 0 Å². The summed E-state index contributed by atoms with van der Waals surface area (Å²) in [4.78, 5) is 11.5. The highest BCUT2D eigenvalue weighted by atomic mass is 16.3. The lowest BCUT2D eigenvalue weighted by molar-refractivity contribution is -0.111. The van der Waals surface area contributed by atoms with E-state index in [-0.39, 0.29) is 12.4 Å². The molecular weight excluding hydrogens is 200 g/mol. The minimum atomic E-state index is 0.133. The van der Waals surface area contributed by atoms with E-state index >= 15 is 0 Å². The Bertz CT molecular complexity index is 322. The first kappa shape index (κ1) is 12.9. The van der Waals surface area contributed by atoms with Crippen molar-refractivity contribution in [1.29, 1.82) is 0 Å². The highest BCUT2D eigenvalue weighted by Crippen LogP contribution is 2.24. The van der Waals surface area contributed by atoms with E-state index in [0.717, 1.165) is 36.8 Å². The van der Waals surface area contributed by atoms with Crippen molar-refractivity contribution < 1.29 is 9.90 Å². The van der Waals surface area contributed by atoms with Crippen molar-refractivity contribution in [3.63, 3.8) is 0 Å². The molecule has 1 N–H and O–H groups in total. The third-order valence-corrected chi connectivity index (χ3v) is 2.70. The van der Waals surface area contributed by atoms with Gasteiger partial charge in [0.25, 0.3) is 0 Å². The van der Waals surface area contributed by atoms with Crippen LogP contribution >= 0.6 is 0 Å². The predicted molar refractivity (Wildman–Crippen MR) is 66.2 cm³/mol. The number of rotatable bonds is 6. The first-order valence-electron chi connectivity index (χ1n) is 5.92. The van der Waals surface area contributed by atoms with Crippen molar-refractivity contribution in [2.45, 2.75) is 39.0 Å². The number of unbranched alkanes of at least 4 members (excludes halogenated alkanes) is 2. The van der Waals surface area contributed by atoms with Crippen LogP contribution in [0.3, 0.4) is 0 Å².